The fourth-order valence-electron chi connectivity index (χ4n) is 3.27. The Kier molecular flexibility index (Phi) is 5.44. The van der Waals surface area contributed by atoms with Gasteiger partial charge in [-0.25, -0.2) is 0 Å². The maximum Gasteiger partial charge on any atom is 0.227 e. The van der Waals surface area contributed by atoms with Crippen LogP contribution in [0.3, 0.4) is 0 Å². The van der Waals surface area contributed by atoms with Crippen LogP contribution in [-0.4, -0.2) is 42.8 Å². The number of nitrogens with one attached hydrogen (secondary N) is 2. The van der Waals surface area contributed by atoms with Crippen LogP contribution in [0.1, 0.15) is 32.6 Å². The van der Waals surface area contributed by atoms with E-state index in [0.717, 1.165) is 12.8 Å². The Morgan fingerprint density at radius 3 is 2.31 bits per heavy atom. The van der Waals surface area contributed by atoms with E-state index < -0.39 is 0 Å². The molecular formula is C19H25N3O4. The molecule has 1 aliphatic heterocycles. The Morgan fingerprint density at radius 2 is 1.73 bits per heavy atom. The number of methoxy groups -OCH3 is 1. The van der Waals surface area contributed by atoms with Crippen LogP contribution >= 0.6 is 0 Å². The van der Waals surface area contributed by atoms with Gasteiger partial charge in [0, 0.05) is 37.5 Å². The van der Waals surface area contributed by atoms with E-state index in [9.17, 15) is 14.4 Å². The lowest BCUT2D eigenvalue weighted by Gasteiger charge is -2.31. The average Bonchev–Trinajstić information content (AvgIpc) is 3.46. The first kappa shape index (κ1) is 18.2. The van der Waals surface area contributed by atoms with Crippen molar-refractivity contribution in [3.05, 3.63) is 18.2 Å². The van der Waals surface area contributed by atoms with Crippen molar-refractivity contribution in [2.45, 2.75) is 32.6 Å². The maximum atomic E-state index is 12.5. The highest BCUT2D eigenvalue weighted by Crippen LogP contribution is 2.33. The Hall–Kier alpha value is -2.57. The largest absolute Gasteiger partial charge is 0.495 e. The lowest BCUT2D eigenvalue weighted by molar-refractivity contribution is -0.135. The molecule has 3 amide bonds. The zero-order valence-corrected chi connectivity index (χ0v) is 15.2. The SMILES string of the molecule is COc1ccc(NC(=O)C2CCN(C(=O)C3CC3)CC2)cc1NC(C)=O. The van der Waals surface area contributed by atoms with Gasteiger partial charge >= 0.3 is 0 Å². The Bertz CT molecular complexity index is 707. The fraction of sp³-hybridized carbons (Fsp3) is 0.526. The molecule has 2 N–H and O–H groups in total. The molecule has 1 saturated heterocycles. The monoisotopic (exact) mass is 359 g/mol. The minimum atomic E-state index is -0.209. The highest BCUT2D eigenvalue weighted by molar-refractivity contribution is 5.95. The van der Waals surface area contributed by atoms with Gasteiger partial charge in [0.05, 0.1) is 12.8 Å². The molecule has 0 aromatic heterocycles. The lowest BCUT2D eigenvalue weighted by atomic mass is 9.95. The molecule has 7 heteroatoms. The van der Waals surface area contributed by atoms with Crippen LogP contribution in [0.5, 0.6) is 5.75 Å². The third kappa shape index (κ3) is 4.33. The molecule has 1 aromatic rings. The molecule has 1 aliphatic carbocycles. The molecule has 0 unspecified atom stereocenters. The topological polar surface area (TPSA) is 87.7 Å². The van der Waals surface area contributed by atoms with Crippen molar-refractivity contribution in [1.29, 1.82) is 0 Å². The molecular weight excluding hydrogens is 334 g/mol. The first-order chi connectivity index (χ1) is 12.5. The van der Waals surface area contributed by atoms with Gasteiger partial charge in [-0.3, -0.25) is 14.4 Å². The molecule has 1 aromatic carbocycles. The zero-order valence-electron chi connectivity index (χ0n) is 15.2. The summed E-state index contributed by atoms with van der Waals surface area (Å²) in [6.07, 6.45) is 3.37. The molecule has 140 valence electrons. The van der Waals surface area contributed by atoms with Crippen molar-refractivity contribution in [1.82, 2.24) is 4.90 Å². The van der Waals surface area contributed by atoms with Crippen molar-refractivity contribution in [2.24, 2.45) is 11.8 Å². The smallest absolute Gasteiger partial charge is 0.227 e. The van der Waals surface area contributed by atoms with E-state index in [4.69, 9.17) is 4.74 Å². The summed E-state index contributed by atoms with van der Waals surface area (Å²) in [6, 6.07) is 5.13. The fourth-order valence-corrected chi connectivity index (χ4v) is 3.27. The molecule has 0 radical (unpaired) electrons. The van der Waals surface area contributed by atoms with E-state index in [2.05, 4.69) is 10.6 Å². The molecule has 3 rings (SSSR count). The van der Waals surface area contributed by atoms with Gasteiger partial charge in [-0.15, -0.1) is 0 Å². The number of carbonyl (C=O) groups is 3. The summed E-state index contributed by atoms with van der Waals surface area (Å²) in [5.74, 6) is 0.641. The van der Waals surface area contributed by atoms with Gasteiger partial charge in [-0.2, -0.15) is 0 Å². The third-order valence-corrected chi connectivity index (χ3v) is 4.88. The van der Waals surface area contributed by atoms with Crippen molar-refractivity contribution in [3.8, 4) is 5.75 Å². The van der Waals surface area contributed by atoms with Crippen molar-refractivity contribution >= 4 is 29.1 Å². The van der Waals surface area contributed by atoms with Crippen LogP contribution in [0.25, 0.3) is 0 Å². The first-order valence-electron chi connectivity index (χ1n) is 9.03. The number of nitrogens with zero attached hydrogens (tertiary/aromatic N) is 1. The summed E-state index contributed by atoms with van der Waals surface area (Å²) in [4.78, 5) is 37.8. The molecule has 7 nitrogen and oxygen atoms in total. The predicted molar refractivity (Wildman–Crippen MR) is 98.0 cm³/mol. The molecule has 1 heterocycles. The third-order valence-electron chi connectivity index (χ3n) is 4.88. The van der Waals surface area contributed by atoms with Crippen LogP contribution in [0, 0.1) is 11.8 Å². The number of piperidine rings is 1. The number of ether oxygens (including phenoxy) is 1. The van der Waals surface area contributed by atoms with Crippen molar-refractivity contribution in [2.75, 3.05) is 30.8 Å². The second kappa shape index (κ2) is 7.76. The van der Waals surface area contributed by atoms with Gasteiger partial charge in [0.1, 0.15) is 5.75 Å². The molecule has 1 saturated carbocycles. The van der Waals surface area contributed by atoms with E-state index >= 15 is 0 Å². The minimum Gasteiger partial charge on any atom is -0.495 e. The van der Waals surface area contributed by atoms with Crippen molar-refractivity contribution in [3.63, 3.8) is 0 Å². The van der Waals surface area contributed by atoms with Crippen LogP contribution in [-0.2, 0) is 14.4 Å². The summed E-state index contributed by atoms with van der Waals surface area (Å²) < 4.78 is 5.22. The van der Waals surface area contributed by atoms with Gasteiger partial charge in [0.15, 0.2) is 0 Å². The summed E-state index contributed by atoms with van der Waals surface area (Å²) in [7, 11) is 1.52. The second-order valence-corrected chi connectivity index (χ2v) is 6.96. The van der Waals surface area contributed by atoms with Gasteiger partial charge < -0.3 is 20.3 Å². The highest BCUT2D eigenvalue weighted by atomic mass is 16.5. The van der Waals surface area contributed by atoms with E-state index in [-0.39, 0.29) is 29.6 Å². The summed E-state index contributed by atoms with van der Waals surface area (Å²) in [5.41, 5.74) is 1.12. The summed E-state index contributed by atoms with van der Waals surface area (Å²) in [5, 5.41) is 5.60. The molecule has 26 heavy (non-hydrogen) atoms. The lowest BCUT2D eigenvalue weighted by Crippen LogP contribution is -2.42. The normalized spacial score (nSPS) is 17.5. The number of rotatable bonds is 5. The number of hydrogen-bond acceptors (Lipinski definition) is 4. The molecule has 0 bridgehead atoms. The molecule has 0 atom stereocenters. The predicted octanol–water partition coefficient (Wildman–Crippen LogP) is 2.24. The number of benzene rings is 1. The van der Waals surface area contributed by atoms with Gasteiger partial charge in [0.25, 0.3) is 0 Å². The standard InChI is InChI=1S/C19H25N3O4/c1-12(23)20-16-11-15(5-6-17(16)26-2)21-18(24)13-7-9-22(10-8-13)19(25)14-3-4-14/h5-6,11,13-14H,3-4,7-10H2,1-2H3,(H,20,23)(H,21,24). The molecule has 0 spiro atoms. The van der Waals surface area contributed by atoms with E-state index in [1.807, 2.05) is 4.90 Å². The zero-order chi connectivity index (χ0) is 18.7. The number of amides is 3. The molecule has 2 fully saturated rings. The van der Waals surface area contributed by atoms with Gasteiger partial charge in [-0.05, 0) is 43.9 Å². The summed E-state index contributed by atoms with van der Waals surface area (Å²) >= 11 is 0. The highest BCUT2D eigenvalue weighted by Gasteiger charge is 2.35. The number of likely N-dealkylation sites (tertiary alicyclic amines) is 1. The number of hydrogen-bond donors (Lipinski definition) is 2. The van der Waals surface area contributed by atoms with Gasteiger partial charge in [-0.1, -0.05) is 0 Å². The minimum absolute atomic E-state index is 0.0533. The van der Waals surface area contributed by atoms with Crippen molar-refractivity contribution < 1.29 is 19.1 Å². The quantitative estimate of drug-likeness (QED) is 0.844. The Balaban J connectivity index is 1.57. The average molecular weight is 359 g/mol. The summed E-state index contributed by atoms with van der Waals surface area (Å²) in [6.45, 7) is 2.71. The first-order valence-corrected chi connectivity index (χ1v) is 9.03. The number of carbonyl (C=O) groups excluding carboxylic acids is 3. The van der Waals surface area contributed by atoms with Crippen LogP contribution in [0.15, 0.2) is 18.2 Å². The van der Waals surface area contributed by atoms with E-state index in [0.29, 0.717) is 43.1 Å². The Labute approximate surface area is 153 Å². The van der Waals surface area contributed by atoms with Crippen LogP contribution < -0.4 is 15.4 Å². The van der Waals surface area contributed by atoms with E-state index in [1.54, 1.807) is 18.2 Å². The van der Waals surface area contributed by atoms with Crippen LogP contribution in [0.2, 0.25) is 0 Å². The Morgan fingerprint density at radius 1 is 1.04 bits per heavy atom. The van der Waals surface area contributed by atoms with E-state index in [1.165, 1.54) is 14.0 Å². The molecule has 2 aliphatic rings. The maximum absolute atomic E-state index is 12.5. The van der Waals surface area contributed by atoms with Crippen LogP contribution in [0.4, 0.5) is 11.4 Å². The second-order valence-electron chi connectivity index (χ2n) is 6.96. The van der Waals surface area contributed by atoms with Gasteiger partial charge in [0.2, 0.25) is 17.7 Å². The number of anilines is 2.